The Morgan fingerprint density at radius 3 is 2.83 bits per heavy atom. The number of hydrogen-bond acceptors (Lipinski definition) is 4. The molecule has 1 atom stereocenters. The third-order valence-corrected chi connectivity index (χ3v) is 3.36. The van der Waals surface area contributed by atoms with Crippen LogP contribution in [0.5, 0.6) is 0 Å². The van der Waals surface area contributed by atoms with E-state index in [1.54, 1.807) is 0 Å². The molecule has 3 N–H and O–H groups in total. The first-order chi connectivity index (χ1) is 8.61. The number of halogens is 2. The van der Waals surface area contributed by atoms with E-state index in [0.29, 0.717) is 5.92 Å². The SMILES string of the molecule is CC1CCCN(c2nc(NN)c(F)cc2F)CC1. The van der Waals surface area contributed by atoms with Gasteiger partial charge in [-0.05, 0) is 25.2 Å². The highest BCUT2D eigenvalue weighted by Crippen LogP contribution is 2.25. The normalized spacial score (nSPS) is 20.7. The smallest absolute Gasteiger partial charge is 0.178 e. The Kier molecular flexibility index (Phi) is 3.96. The maximum Gasteiger partial charge on any atom is 0.178 e. The van der Waals surface area contributed by atoms with Gasteiger partial charge in [0, 0.05) is 19.2 Å². The van der Waals surface area contributed by atoms with Crippen LogP contribution in [-0.4, -0.2) is 18.1 Å². The number of anilines is 2. The van der Waals surface area contributed by atoms with Crippen LogP contribution >= 0.6 is 0 Å². The molecule has 1 aromatic heterocycles. The van der Waals surface area contributed by atoms with Gasteiger partial charge in [0.15, 0.2) is 23.3 Å². The van der Waals surface area contributed by atoms with Gasteiger partial charge in [-0.2, -0.15) is 0 Å². The Bertz CT molecular complexity index is 425. The van der Waals surface area contributed by atoms with Gasteiger partial charge in [0.2, 0.25) is 0 Å². The summed E-state index contributed by atoms with van der Waals surface area (Å²) in [7, 11) is 0. The highest BCUT2D eigenvalue weighted by Gasteiger charge is 2.20. The van der Waals surface area contributed by atoms with Gasteiger partial charge >= 0.3 is 0 Å². The van der Waals surface area contributed by atoms with E-state index in [0.717, 1.165) is 38.4 Å². The Morgan fingerprint density at radius 2 is 2.11 bits per heavy atom. The van der Waals surface area contributed by atoms with E-state index < -0.39 is 11.6 Å². The second-order valence-corrected chi connectivity index (χ2v) is 4.79. The van der Waals surface area contributed by atoms with Crippen LogP contribution in [-0.2, 0) is 0 Å². The van der Waals surface area contributed by atoms with Gasteiger partial charge in [0.25, 0.3) is 0 Å². The van der Waals surface area contributed by atoms with Crippen LogP contribution in [0.15, 0.2) is 6.07 Å². The summed E-state index contributed by atoms with van der Waals surface area (Å²) in [6.07, 6.45) is 3.11. The van der Waals surface area contributed by atoms with Gasteiger partial charge in [-0.3, -0.25) is 0 Å². The van der Waals surface area contributed by atoms with Crippen LogP contribution in [0, 0.1) is 17.6 Å². The zero-order valence-corrected chi connectivity index (χ0v) is 10.4. The fraction of sp³-hybridized carbons (Fsp3) is 0.583. The Morgan fingerprint density at radius 1 is 1.33 bits per heavy atom. The molecule has 1 saturated heterocycles. The zero-order valence-electron chi connectivity index (χ0n) is 10.4. The van der Waals surface area contributed by atoms with E-state index in [1.807, 2.05) is 4.90 Å². The van der Waals surface area contributed by atoms with Crippen LogP contribution in [0.2, 0.25) is 0 Å². The maximum atomic E-state index is 13.8. The summed E-state index contributed by atoms with van der Waals surface area (Å²) in [6, 6.07) is 0.825. The molecule has 0 spiro atoms. The maximum absolute atomic E-state index is 13.8. The quantitative estimate of drug-likeness (QED) is 0.629. The number of rotatable bonds is 2. The second kappa shape index (κ2) is 5.48. The minimum Gasteiger partial charge on any atom is -0.354 e. The standard InChI is InChI=1S/C12H18F2N4/c1-8-3-2-5-18(6-4-8)12-10(14)7-9(13)11(16-12)17-15/h7-8H,2-6,15H2,1H3,(H,16,17). The number of nitrogens with one attached hydrogen (secondary N) is 1. The molecule has 100 valence electrons. The molecule has 1 fully saturated rings. The van der Waals surface area contributed by atoms with Gasteiger partial charge in [-0.25, -0.2) is 19.6 Å². The number of hydrazine groups is 1. The molecule has 1 aliphatic heterocycles. The molecule has 1 aliphatic rings. The molecule has 0 saturated carbocycles. The fourth-order valence-corrected chi connectivity index (χ4v) is 2.25. The monoisotopic (exact) mass is 256 g/mol. The predicted octanol–water partition coefficient (Wildman–Crippen LogP) is 2.27. The highest BCUT2D eigenvalue weighted by atomic mass is 19.1. The molecule has 0 radical (unpaired) electrons. The molecular weight excluding hydrogens is 238 g/mol. The lowest BCUT2D eigenvalue weighted by Crippen LogP contribution is -2.27. The summed E-state index contributed by atoms with van der Waals surface area (Å²) in [5.41, 5.74) is 2.15. The fourth-order valence-electron chi connectivity index (χ4n) is 2.25. The average Bonchev–Trinajstić information content (AvgIpc) is 2.54. The third kappa shape index (κ3) is 2.69. The summed E-state index contributed by atoms with van der Waals surface area (Å²) in [5, 5.41) is 0. The number of nitrogens with zero attached hydrogens (tertiary/aromatic N) is 2. The van der Waals surface area contributed by atoms with E-state index in [2.05, 4.69) is 17.3 Å². The number of pyridine rings is 1. The lowest BCUT2D eigenvalue weighted by atomic mass is 10.0. The molecule has 0 amide bonds. The van der Waals surface area contributed by atoms with Crippen molar-refractivity contribution in [1.29, 1.82) is 0 Å². The summed E-state index contributed by atoms with van der Waals surface area (Å²) < 4.78 is 27.0. The van der Waals surface area contributed by atoms with Crippen molar-refractivity contribution in [2.45, 2.75) is 26.2 Å². The first-order valence-corrected chi connectivity index (χ1v) is 6.19. The molecule has 0 aromatic carbocycles. The van der Waals surface area contributed by atoms with E-state index in [9.17, 15) is 8.78 Å². The molecule has 1 unspecified atom stereocenters. The van der Waals surface area contributed by atoms with Crippen LogP contribution in [0.25, 0.3) is 0 Å². The highest BCUT2D eigenvalue weighted by molar-refractivity contribution is 5.48. The van der Waals surface area contributed by atoms with Gasteiger partial charge in [-0.15, -0.1) is 0 Å². The molecule has 0 aliphatic carbocycles. The first-order valence-electron chi connectivity index (χ1n) is 6.19. The lowest BCUT2D eigenvalue weighted by Gasteiger charge is -2.22. The largest absolute Gasteiger partial charge is 0.354 e. The summed E-state index contributed by atoms with van der Waals surface area (Å²) in [5.74, 6) is 4.43. The van der Waals surface area contributed by atoms with Crippen LogP contribution in [0.3, 0.4) is 0 Å². The van der Waals surface area contributed by atoms with Crippen molar-refractivity contribution in [2.75, 3.05) is 23.4 Å². The molecule has 0 bridgehead atoms. The Labute approximate surface area is 105 Å². The molecular formula is C12H18F2N4. The van der Waals surface area contributed by atoms with Crippen LogP contribution < -0.4 is 16.2 Å². The minimum absolute atomic E-state index is 0.122. The second-order valence-electron chi connectivity index (χ2n) is 4.79. The topological polar surface area (TPSA) is 54.2 Å². The average molecular weight is 256 g/mol. The van der Waals surface area contributed by atoms with Crippen molar-refractivity contribution in [2.24, 2.45) is 11.8 Å². The van der Waals surface area contributed by atoms with Gasteiger partial charge in [0.1, 0.15) is 0 Å². The molecule has 4 nitrogen and oxygen atoms in total. The van der Waals surface area contributed by atoms with Crippen molar-refractivity contribution in [3.05, 3.63) is 17.7 Å². The van der Waals surface area contributed by atoms with Crippen molar-refractivity contribution in [3.8, 4) is 0 Å². The van der Waals surface area contributed by atoms with E-state index in [-0.39, 0.29) is 11.6 Å². The van der Waals surface area contributed by atoms with E-state index in [4.69, 9.17) is 5.84 Å². The van der Waals surface area contributed by atoms with E-state index in [1.165, 1.54) is 0 Å². The van der Waals surface area contributed by atoms with Gasteiger partial charge in [-0.1, -0.05) is 6.92 Å². The van der Waals surface area contributed by atoms with Crippen LogP contribution in [0.1, 0.15) is 26.2 Å². The molecule has 1 aromatic rings. The van der Waals surface area contributed by atoms with Crippen molar-refractivity contribution < 1.29 is 8.78 Å². The predicted molar refractivity (Wildman–Crippen MR) is 67.2 cm³/mol. The van der Waals surface area contributed by atoms with Crippen molar-refractivity contribution in [3.63, 3.8) is 0 Å². The third-order valence-electron chi connectivity index (χ3n) is 3.36. The van der Waals surface area contributed by atoms with Crippen LogP contribution in [0.4, 0.5) is 20.4 Å². The van der Waals surface area contributed by atoms with E-state index >= 15 is 0 Å². The summed E-state index contributed by atoms with van der Waals surface area (Å²) in [4.78, 5) is 5.78. The number of hydrogen-bond donors (Lipinski definition) is 2. The van der Waals surface area contributed by atoms with Gasteiger partial charge in [0.05, 0.1) is 0 Å². The van der Waals surface area contributed by atoms with Crippen molar-refractivity contribution >= 4 is 11.6 Å². The molecule has 2 heterocycles. The zero-order chi connectivity index (χ0) is 13.1. The summed E-state index contributed by atoms with van der Waals surface area (Å²) in [6.45, 7) is 3.66. The molecule has 18 heavy (non-hydrogen) atoms. The number of nitrogens with two attached hydrogens (primary N) is 1. The lowest BCUT2D eigenvalue weighted by molar-refractivity contribution is 0.520. The Balaban J connectivity index is 2.26. The Hall–Kier alpha value is -1.43. The first kappa shape index (κ1) is 13.0. The molecule has 6 heteroatoms. The number of aromatic nitrogens is 1. The van der Waals surface area contributed by atoms with Crippen molar-refractivity contribution in [1.82, 2.24) is 4.98 Å². The molecule has 2 rings (SSSR count). The minimum atomic E-state index is -0.776. The van der Waals surface area contributed by atoms with Gasteiger partial charge < -0.3 is 10.3 Å². The summed E-state index contributed by atoms with van der Waals surface area (Å²) >= 11 is 0. The number of nitrogen functional groups attached to an aromatic ring is 1.